The van der Waals surface area contributed by atoms with Crippen molar-refractivity contribution in [2.75, 3.05) is 7.11 Å². The van der Waals surface area contributed by atoms with Gasteiger partial charge in [0.1, 0.15) is 12.2 Å². The van der Waals surface area contributed by atoms with Crippen molar-refractivity contribution in [2.45, 2.75) is 70.6 Å². The van der Waals surface area contributed by atoms with Crippen LogP contribution in [0, 0.1) is 5.92 Å². The summed E-state index contributed by atoms with van der Waals surface area (Å²) >= 11 is 0. The average Bonchev–Trinajstić information content (AvgIpc) is 2.89. The van der Waals surface area contributed by atoms with Gasteiger partial charge >= 0.3 is 0 Å². The molecule has 0 aromatic carbocycles. The molecular weight excluding hydrogens is 252 g/mol. The quantitative estimate of drug-likeness (QED) is 0.868. The van der Waals surface area contributed by atoms with Crippen LogP contribution in [0.15, 0.2) is 6.33 Å². The van der Waals surface area contributed by atoms with Gasteiger partial charge in [-0.1, -0.05) is 19.3 Å². The molecule has 2 unspecified atom stereocenters. The van der Waals surface area contributed by atoms with E-state index in [1.807, 2.05) is 4.68 Å². The summed E-state index contributed by atoms with van der Waals surface area (Å²) in [6.07, 6.45) is 8.92. The maximum Gasteiger partial charge on any atom is 0.138 e. The van der Waals surface area contributed by atoms with E-state index >= 15 is 0 Å². The Morgan fingerprint density at radius 3 is 2.65 bits per heavy atom. The molecule has 0 bridgehead atoms. The molecule has 0 aliphatic heterocycles. The van der Waals surface area contributed by atoms with Gasteiger partial charge in [0.2, 0.25) is 0 Å². The van der Waals surface area contributed by atoms with Crippen molar-refractivity contribution in [1.29, 1.82) is 0 Å². The number of nitrogens with zero attached hydrogens (tertiary/aromatic N) is 3. The molecule has 2 atom stereocenters. The van der Waals surface area contributed by atoms with Crippen molar-refractivity contribution in [3.05, 3.63) is 12.2 Å². The second kappa shape index (κ2) is 7.18. The first-order chi connectivity index (χ1) is 9.63. The second-order valence-electron chi connectivity index (χ2n) is 6.18. The SMILES string of the molecule is COC(C(N)Cc1ncnn1C(C)C)C1CCCCC1. The normalized spacial score (nSPS) is 20.2. The van der Waals surface area contributed by atoms with E-state index in [-0.39, 0.29) is 12.1 Å². The van der Waals surface area contributed by atoms with Crippen LogP contribution in [0.1, 0.15) is 57.8 Å². The van der Waals surface area contributed by atoms with Crippen LogP contribution < -0.4 is 5.73 Å². The fraction of sp³-hybridized carbons (Fsp3) is 0.867. The minimum absolute atomic E-state index is 0.00944. The molecule has 114 valence electrons. The van der Waals surface area contributed by atoms with Crippen LogP contribution in [0.3, 0.4) is 0 Å². The molecule has 2 N–H and O–H groups in total. The molecule has 1 heterocycles. The Morgan fingerprint density at radius 2 is 2.05 bits per heavy atom. The zero-order chi connectivity index (χ0) is 14.5. The molecule has 5 nitrogen and oxygen atoms in total. The van der Waals surface area contributed by atoms with Gasteiger partial charge in [-0.15, -0.1) is 0 Å². The number of rotatable bonds is 6. The lowest BCUT2D eigenvalue weighted by molar-refractivity contribution is 0.0172. The van der Waals surface area contributed by atoms with Crippen molar-refractivity contribution in [2.24, 2.45) is 11.7 Å². The third-order valence-corrected chi connectivity index (χ3v) is 4.36. The first kappa shape index (κ1) is 15.4. The molecule has 0 saturated heterocycles. The van der Waals surface area contributed by atoms with Crippen LogP contribution in [0.25, 0.3) is 0 Å². The third kappa shape index (κ3) is 3.58. The van der Waals surface area contributed by atoms with E-state index in [1.165, 1.54) is 32.1 Å². The van der Waals surface area contributed by atoms with Crippen LogP contribution in [-0.4, -0.2) is 34.0 Å². The van der Waals surface area contributed by atoms with E-state index < -0.39 is 0 Å². The molecule has 2 rings (SSSR count). The standard InChI is InChI=1S/C15H28N4O/c1-11(2)19-14(17-10-18-19)9-13(16)15(20-3)12-7-5-4-6-8-12/h10-13,15H,4-9,16H2,1-3H3. The average molecular weight is 280 g/mol. The van der Waals surface area contributed by atoms with Gasteiger partial charge in [0.15, 0.2) is 0 Å². The number of ether oxygens (including phenoxy) is 1. The summed E-state index contributed by atoms with van der Waals surface area (Å²) < 4.78 is 7.67. The molecule has 1 aromatic rings. The molecule has 1 aliphatic rings. The minimum Gasteiger partial charge on any atom is -0.380 e. The molecule has 1 saturated carbocycles. The lowest BCUT2D eigenvalue weighted by Gasteiger charge is -2.33. The molecule has 1 aromatic heterocycles. The zero-order valence-electron chi connectivity index (χ0n) is 13.0. The van der Waals surface area contributed by atoms with Crippen LogP contribution in [0.4, 0.5) is 0 Å². The molecule has 20 heavy (non-hydrogen) atoms. The number of hydrogen-bond donors (Lipinski definition) is 1. The highest BCUT2D eigenvalue weighted by Crippen LogP contribution is 2.29. The van der Waals surface area contributed by atoms with E-state index in [1.54, 1.807) is 13.4 Å². The predicted octanol–water partition coefficient (Wildman–Crippen LogP) is 2.32. The van der Waals surface area contributed by atoms with E-state index in [2.05, 4.69) is 23.9 Å². The van der Waals surface area contributed by atoms with Crippen LogP contribution in [-0.2, 0) is 11.2 Å². The molecule has 1 aliphatic carbocycles. The first-order valence-electron chi connectivity index (χ1n) is 7.80. The Kier molecular flexibility index (Phi) is 5.54. The fourth-order valence-electron chi connectivity index (χ4n) is 3.36. The van der Waals surface area contributed by atoms with Gasteiger partial charge in [0, 0.05) is 25.6 Å². The van der Waals surface area contributed by atoms with E-state index in [9.17, 15) is 0 Å². The monoisotopic (exact) mass is 280 g/mol. The van der Waals surface area contributed by atoms with Gasteiger partial charge in [-0.3, -0.25) is 0 Å². The lowest BCUT2D eigenvalue weighted by atomic mass is 9.82. The molecule has 1 fully saturated rings. The number of aromatic nitrogens is 3. The van der Waals surface area contributed by atoms with Gasteiger partial charge in [-0.05, 0) is 32.6 Å². The second-order valence-corrected chi connectivity index (χ2v) is 6.18. The smallest absolute Gasteiger partial charge is 0.138 e. The van der Waals surface area contributed by atoms with Crippen molar-refractivity contribution < 1.29 is 4.74 Å². The largest absolute Gasteiger partial charge is 0.380 e. The molecule has 0 spiro atoms. The Bertz CT molecular complexity index is 398. The summed E-state index contributed by atoms with van der Waals surface area (Å²) in [6.45, 7) is 4.22. The fourth-order valence-corrected chi connectivity index (χ4v) is 3.36. The highest BCUT2D eigenvalue weighted by molar-refractivity contribution is 4.94. The van der Waals surface area contributed by atoms with Crippen LogP contribution in [0.2, 0.25) is 0 Å². The highest BCUT2D eigenvalue weighted by atomic mass is 16.5. The van der Waals surface area contributed by atoms with Crippen LogP contribution in [0.5, 0.6) is 0 Å². The van der Waals surface area contributed by atoms with Gasteiger partial charge in [-0.25, -0.2) is 9.67 Å². The third-order valence-electron chi connectivity index (χ3n) is 4.36. The van der Waals surface area contributed by atoms with Gasteiger partial charge in [0.05, 0.1) is 6.10 Å². The highest BCUT2D eigenvalue weighted by Gasteiger charge is 2.29. The summed E-state index contributed by atoms with van der Waals surface area (Å²) in [6, 6.07) is 0.306. The number of nitrogens with two attached hydrogens (primary N) is 1. The van der Waals surface area contributed by atoms with E-state index in [4.69, 9.17) is 10.5 Å². The number of methoxy groups -OCH3 is 1. The van der Waals surface area contributed by atoms with Gasteiger partial charge in [0.25, 0.3) is 0 Å². The van der Waals surface area contributed by atoms with E-state index in [0.29, 0.717) is 12.0 Å². The zero-order valence-corrected chi connectivity index (χ0v) is 13.0. The topological polar surface area (TPSA) is 66.0 Å². The lowest BCUT2D eigenvalue weighted by Crippen LogP contribution is -2.44. The van der Waals surface area contributed by atoms with Crippen molar-refractivity contribution in [3.63, 3.8) is 0 Å². The molecule has 5 heteroatoms. The number of hydrogen-bond acceptors (Lipinski definition) is 4. The summed E-state index contributed by atoms with van der Waals surface area (Å²) in [7, 11) is 1.78. The first-order valence-corrected chi connectivity index (χ1v) is 7.80. The minimum atomic E-state index is -0.00944. The maximum absolute atomic E-state index is 6.41. The van der Waals surface area contributed by atoms with Gasteiger partial charge < -0.3 is 10.5 Å². The molecule has 0 amide bonds. The molecule has 0 radical (unpaired) electrons. The Balaban J connectivity index is 2.01. The van der Waals surface area contributed by atoms with Gasteiger partial charge in [-0.2, -0.15) is 5.10 Å². The molecular formula is C15H28N4O. The Hall–Kier alpha value is -0.940. The summed E-state index contributed by atoms with van der Waals surface area (Å²) in [5, 5.41) is 4.28. The Morgan fingerprint density at radius 1 is 1.35 bits per heavy atom. The summed E-state index contributed by atoms with van der Waals surface area (Å²) in [5.41, 5.74) is 6.41. The predicted molar refractivity (Wildman–Crippen MR) is 79.5 cm³/mol. The van der Waals surface area contributed by atoms with Crippen molar-refractivity contribution >= 4 is 0 Å². The van der Waals surface area contributed by atoms with E-state index in [0.717, 1.165) is 12.2 Å². The summed E-state index contributed by atoms with van der Waals surface area (Å²) in [5.74, 6) is 1.56. The maximum atomic E-state index is 6.41. The summed E-state index contributed by atoms with van der Waals surface area (Å²) in [4.78, 5) is 4.36. The van der Waals surface area contributed by atoms with Crippen molar-refractivity contribution in [1.82, 2.24) is 14.8 Å². The van der Waals surface area contributed by atoms with Crippen molar-refractivity contribution in [3.8, 4) is 0 Å². The van der Waals surface area contributed by atoms with Crippen LogP contribution >= 0.6 is 0 Å². The Labute approximate surface area is 121 Å².